The molecule has 44 heavy (non-hydrogen) atoms. The lowest BCUT2D eigenvalue weighted by Gasteiger charge is -2.29. The van der Waals surface area contributed by atoms with Crippen LogP contribution in [0.1, 0.15) is 34.5 Å². The van der Waals surface area contributed by atoms with Crippen LogP contribution in [0.2, 0.25) is 0 Å². The molecule has 1 saturated heterocycles. The van der Waals surface area contributed by atoms with Gasteiger partial charge in [-0.25, -0.2) is 23.2 Å². The Morgan fingerprint density at radius 2 is 1.89 bits per heavy atom. The zero-order valence-corrected chi connectivity index (χ0v) is 24.9. The zero-order valence-electron chi connectivity index (χ0n) is 24.9. The minimum absolute atomic E-state index is 0.115. The van der Waals surface area contributed by atoms with Gasteiger partial charge in [0.2, 0.25) is 5.43 Å². The lowest BCUT2D eigenvalue weighted by atomic mass is 9.96. The highest BCUT2D eigenvalue weighted by Gasteiger charge is 2.45. The maximum absolute atomic E-state index is 15.8. The summed E-state index contributed by atoms with van der Waals surface area (Å²) < 4.78 is 32.2. The molecule has 1 aliphatic heterocycles. The number of rotatable bonds is 6. The van der Waals surface area contributed by atoms with E-state index in [4.69, 9.17) is 4.98 Å². The number of anilines is 2. The van der Waals surface area contributed by atoms with Gasteiger partial charge in [-0.2, -0.15) is 0 Å². The third-order valence-electron chi connectivity index (χ3n) is 9.74. The predicted molar refractivity (Wildman–Crippen MR) is 165 cm³/mol. The third-order valence-corrected chi connectivity index (χ3v) is 9.74. The van der Waals surface area contributed by atoms with Crippen LogP contribution in [0.5, 0.6) is 0 Å². The van der Waals surface area contributed by atoms with E-state index in [9.17, 15) is 14.7 Å². The molecule has 2 aliphatic carbocycles. The fraction of sp³-hybridized carbons (Fsp3) is 0.375. The SMILES string of the molecule is CNc1cc(F)c(F)c2c1Cc1ncc(-c3cnc4c(c3)c(=O)c(C(=O)O)cn4NC)c(N3C[C@H]4CC[C@@H](N(C)C)[C@H]4C3)c1-2. The molecule has 0 bridgehead atoms. The number of nitrogens with zero attached hydrogens (tertiary/aromatic N) is 5. The van der Waals surface area contributed by atoms with Crippen LogP contribution in [0, 0.1) is 23.5 Å². The molecule has 3 N–H and O–H groups in total. The summed E-state index contributed by atoms with van der Waals surface area (Å²) >= 11 is 0. The van der Waals surface area contributed by atoms with Crippen LogP contribution in [0.25, 0.3) is 33.3 Å². The first kappa shape index (κ1) is 28.2. The second-order valence-corrected chi connectivity index (χ2v) is 12.1. The summed E-state index contributed by atoms with van der Waals surface area (Å²) in [5.74, 6) is -2.35. The van der Waals surface area contributed by atoms with Gasteiger partial charge in [0.25, 0.3) is 0 Å². The van der Waals surface area contributed by atoms with E-state index in [0.29, 0.717) is 57.9 Å². The predicted octanol–water partition coefficient (Wildman–Crippen LogP) is 4.00. The van der Waals surface area contributed by atoms with Crippen LogP contribution in [-0.2, 0) is 6.42 Å². The van der Waals surface area contributed by atoms with Crippen molar-refractivity contribution in [3.05, 3.63) is 69.4 Å². The van der Waals surface area contributed by atoms with E-state index in [0.717, 1.165) is 31.6 Å². The standard InChI is InChI=1S/C32H33F2N7O3/c1-35-23-9-22(33)28(34)26-17(23)8-24-27(26)29(40-12-15-5-6-25(39(3)4)20(15)13-40)19(11-37-24)16-7-18-30(42)21(32(43)44)14-41(36-2)31(18)38-10-16/h7,9-11,14-15,20,25,35-36H,5-6,8,12-13H2,1-4H3,(H,43,44)/t15-,20+,25-/m1/s1. The number of pyridine rings is 3. The van der Waals surface area contributed by atoms with Crippen molar-refractivity contribution in [2.75, 3.05) is 56.9 Å². The molecule has 3 aliphatic rings. The van der Waals surface area contributed by atoms with E-state index < -0.39 is 28.6 Å². The number of nitrogens with one attached hydrogen (secondary N) is 2. The number of carboxylic acids is 1. The number of hydrogen-bond acceptors (Lipinski definition) is 8. The zero-order chi connectivity index (χ0) is 31.0. The monoisotopic (exact) mass is 601 g/mol. The first-order valence-corrected chi connectivity index (χ1v) is 14.7. The van der Waals surface area contributed by atoms with Gasteiger partial charge in [-0.15, -0.1) is 0 Å². The van der Waals surface area contributed by atoms with Gasteiger partial charge in [0.15, 0.2) is 17.3 Å². The van der Waals surface area contributed by atoms with E-state index in [1.165, 1.54) is 16.9 Å². The normalized spacial score (nSPS) is 20.2. The molecule has 12 heteroatoms. The van der Waals surface area contributed by atoms with E-state index in [1.807, 2.05) is 0 Å². The Kier molecular flexibility index (Phi) is 6.58. The number of benzene rings is 1. The van der Waals surface area contributed by atoms with Crippen molar-refractivity contribution < 1.29 is 18.7 Å². The first-order chi connectivity index (χ1) is 21.1. The highest BCUT2D eigenvalue weighted by atomic mass is 19.2. The minimum Gasteiger partial charge on any atom is -0.477 e. The second-order valence-electron chi connectivity index (χ2n) is 12.1. The highest BCUT2D eigenvalue weighted by molar-refractivity contribution is 5.98. The number of hydrogen-bond donors (Lipinski definition) is 3. The average molecular weight is 602 g/mol. The number of aromatic nitrogens is 3. The van der Waals surface area contributed by atoms with Gasteiger partial charge in [-0.05, 0) is 50.4 Å². The van der Waals surface area contributed by atoms with Gasteiger partial charge in [0.1, 0.15) is 5.56 Å². The Morgan fingerprint density at radius 1 is 1.09 bits per heavy atom. The highest BCUT2D eigenvalue weighted by Crippen LogP contribution is 2.52. The quantitative estimate of drug-likeness (QED) is 0.266. The molecule has 2 fully saturated rings. The van der Waals surface area contributed by atoms with Crippen LogP contribution in [0.4, 0.5) is 20.2 Å². The molecular formula is C32H33F2N7O3. The Bertz CT molecular complexity index is 1930. The van der Waals surface area contributed by atoms with Gasteiger partial charge in [-0.1, -0.05) is 0 Å². The Balaban J connectivity index is 1.48. The average Bonchev–Trinajstić information content (AvgIpc) is 3.71. The van der Waals surface area contributed by atoms with Crippen molar-refractivity contribution in [3.63, 3.8) is 0 Å². The fourth-order valence-corrected chi connectivity index (χ4v) is 7.72. The first-order valence-electron chi connectivity index (χ1n) is 14.7. The van der Waals surface area contributed by atoms with Gasteiger partial charge in [0, 0.05) is 92.2 Å². The van der Waals surface area contributed by atoms with Crippen molar-refractivity contribution in [1.82, 2.24) is 19.5 Å². The number of aromatic carboxylic acids is 1. The summed E-state index contributed by atoms with van der Waals surface area (Å²) in [6, 6.07) is 3.22. The Labute approximate surface area is 252 Å². The fourth-order valence-electron chi connectivity index (χ4n) is 7.72. The summed E-state index contributed by atoms with van der Waals surface area (Å²) in [5, 5.41) is 12.8. The van der Waals surface area contributed by atoms with Crippen LogP contribution in [-0.4, -0.2) is 77.9 Å². The summed E-state index contributed by atoms with van der Waals surface area (Å²) in [4.78, 5) is 39.1. The molecular weight excluding hydrogens is 568 g/mol. The van der Waals surface area contributed by atoms with E-state index >= 15 is 8.78 Å². The maximum atomic E-state index is 15.8. The molecule has 0 radical (unpaired) electrons. The lowest BCUT2D eigenvalue weighted by molar-refractivity contribution is 0.0695. The van der Waals surface area contributed by atoms with E-state index in [1.54, 1.807) is 32.6 Å². The molecule has 3 atom stereocenters. The minimum atomic E-state index is -1.35. The Morgan fingerprint density at radius 3 is 2.59 bits per heavy atom. The van der Waals surface area contributed by atoms with Crippen molar-refractivity contribution in [3.8, 4) is 22.3 Å². The molecule has 0 unspecified atom stereocenters. The lowest BCUT2D eigenvalue weighted by Crippen LogP contribution is -2.35. The van der Waals surface area contributed by atoms with Gasteiger partial charge < -0.3 is 25.6 Å². The van der Waals surface area contributed by atoms with Crippen molar-refractivity contribution in [2.24, 2.45) is 11.8 Å². The molecule has 1 saturated carbocycles. The van der Waals surface area contributed by atoms with Crippen LogP contribution in [0.3, 0.4) is 0 Å². The van der Waals surface area contributed by atoms with Crippen molar-refractivity contribution in [1.29, 1.82) is 0 Å². The molecule has 3 aromatic heterocycles. The van der Waals surface area contributed by atoms with Gasteiger partial charge in [0.05, 0.1) is 16.8 Å². The molecule has 0 amide bonds. The van der Waals surface area contributed by atoms with Crippen molar-refractivity contribution in [2.45, 2.75) is 25.3 Å². The van der Waals surface area contributed by atoms with Gasteiger partial charge >= 0.3 is 5.97 Å². The summed E-state index contributed by atoms with van der Waals surface area (Å²) in [6.07, 6.45) is 7.07. The summed E-state index contributed by atoms with van der Waals surface area (Å²) in [5.41, 5.74) is 6.53. The number of halogens is 2. The van der Waals surface area contributed by atoms with E-state index in [-0.39, 0.29) is 16.6 Å². The summed E-state index contributed by atoms with van der Waals surface area (Å²) in [6.45, 7) is 1.49. The second kappa shape index (κ2) is 10.3. The molecule has 228 valence electrons. The maximum Gasteiger partial charge on any atom is 0.341 e. The molecule has 4 aromatic rings. The van der Waals surface area contributed by atoms with Crippen LogP contribution in [0.15, 0.2) is 35.5 Å². The number of carboxylic acid groups (broad SMARTS) is 1. The van der Waals surface area contributed by atoms with E-state index in [2.05, 4.69) is 39.6 Å². The molecule has 7 rings (SSSR count). The molecule has 1 aromatic carbocycles. The molecule has 0 spiro atoms. The third kappa shape index (κ3) is 4.07. The molecule has 4 heterocycles. The van der Waals surface area contributed by atoms with Crippen LogP contribution < -0.4 is 21.1 Å². The smallest absolute Gasteiger partial charge is 0.341 e. The molecule has 10 nitrogen and oxygen atoms in total. The van der Waals surface area contributed by atoms with Crippen molar-refractivity contribution >= 4 is 28.4 Å². The largest absolute Gasteiger partial charge is 0.477 e. The van der Waals surface area contributed by atoms with Gasteiger partial charge in [-0.3, -0.25) is 9.78 Å². The topological polar surface area (TPSA) is 116 Å². The number of fused-ring (bicyclic) bond motifs is 5. The summed E-state index contributed by atoms with van der Waals surface area (Å²) in [7, 11) is 7.48. The number of carbonyl (C=O) groups is 1. The Hall–Kier alpha value is -4.58. The van der Waals surface area contributed by atoms with Crippen LogP contribution >= 0.6 is 0 Å².